The predicted molar refractivity (Wildman–Crippen MR) is 107 cm³/mol. The summed E-state index contributed by atoms with van der Waals surface area (Å²) in [6.07, 6.45) is 6.58. The fraction of sp³-hybridized carbons (Fsp3) is 0.286. The van der Waals surface area contributed by atoms with Gasteiger partial charge in [-0.2, -0.15) is 5.10 Å². The van der Waals surface area contributed by atoms with E-state index in [1.807, 2.05) is 0 Å². The first-order chi connectivity index (χ1) is 14.0. The minimum absolute atomic E-state index is 0.0168. The van der Waals surface area contributed by atoms with E-state index in [9.17, 15) is 19.7 Å². The second-order valence-electron chi connectivity index (χ2n) is 6.84. The molecular formula is C21H21N3O5. The van der Waals surface area contributed by atoms with Crippen LogP contribution in [0.15, 0.2) is 53.6 Å². The summed E-state index contributed by atoms with van der Waals surface area (Å²) in [5, 5.41) is 14.8. The number of hydrazone groups is 1. The summed E-state index contributed by atoms with van der Waals surface area (Å²) in [6.45, 7) is 0. The Labute approximate surface area is 167 Å². The second-order valence-corrected chi connectivity index (χ2v) is 6.84. The van der Waals surface area contributed by atoms with Crippen molar-refractivity contribution in [2.75, 3.05) is 0 Å². The zero-order chi connectivity index (χ0) is 20.6. The van der Waals surface area contributed by atoms with Crippen molar-refractivity contribution in [1.29, 1.82) is 0 Å². The molecule has 1 fully saturated rings. The highest BCUT2D eigenvalue weighted by atomic mass is 16.6. The zero-order valence-electron chi connectivity index (χ0n) is 15.7. The minimum atomic E-state index is -0.701. The average Bonchev–Trinajstić information content (AvgIpc) is 2.74. The van der Waals surface area contributed by atoms with Crippen molar-refractivity contribution in [2.24, 2.45) is 11.0 Å². The number of hydrogen-bond acceptors (Lipinski definition) is 6. The lowest BCUT2D eigenvalue weighted by atomic mass is 9.89. The molecule has 0 unspecified atom stereocenters. The third kappa shape index (κ3) is 5.71. The Hall–Kier alpha value is -3.55. The van der Waals surface area contributed by atoms with E-state index in [1.54, 1.807) is 24.3 Å². The summed E-state index contributed by atoms with van der Waals surface area (Å²) in [7, 11) is 0. The van der Waals surface area contributed by atoms with Gasteiger partial charge in [-0.15, -0.1) is 0 Å². The van der Waals surface area contributed by atoms with Crippen LogP contribution in [0.3, 0.4) is 0 Å². The molecule has 2 aromatic carbocycles. The van der Waals surface area contributed by atoms with E-state index in [4.69, 9.17) is 4.74 Å². The van der Waals surface area contributed by atoms with Crippen LogP contribution in [0.25, 0.3) is 0 Å². The Morgan fingerprint density at radius 2 is 1.86 bits per heavy atom. The van der Waals surface area contributed by atoms with Gasteiger partial charge in [0.25, 0.3) is 5.69 Å². The Morgan fingerprint density at radius 3 is 2.62 bits per heavy atom. The maximum Gasteiger partial charge on any atom is 0.343 e. The Balaban J connectivity index is 1.60. The van der Waals surface area contributed by atoms with E-state index < -0.39 is 10.9 Å². The van der Waals surface area contributed by atoms with Crippen molar-refractivity contribution in [2.45, 2.75) is 32.1 Å². The third-order valence-corrected chi connectivity index (χ3v) is 4.73. The fourth-order valence-electron chi connectivity index (χ4n) is 3.20. The summed E-state index contributed by atoms with van der Waals surface area (Å²) in [4.78, 5) is 34.6. The number of nitro groups is 1. The van der Waals surface area contributed by atoms with Crippen LogP contribution in [0.2, 0.25) is 0 Å². The van der Waals surface area contributed by atoms with Crippen molar-refractivity contribution in [3.05, 3.63) is 69.8 Å². The lowest BCUT2D eigenvalue weighted by molar-refractivity contribution is -0.384. The molecule has 0 spiro atoms. The van der Waals surface area contributed by atoms with Crippen molar-refractivity contribution in [3.63, 3.8) is 0 Å². The van der Waals surface area contributed by atoms with Gasteiger partial charge in [0.15, 0.2) is 0 Å². The SMILES string of the molecule is O=C(Oc1cccc(C=NNC(=O)C2CCCCC2)c1)c1cccc([N+](=O)[O-])c1. The van der Waals surface area contributed by atoms with Gasteiger partial charge in [-0.05, 0) is 36.6 Å². The number of non-ortho nitro benzene ring substituents is 1. The summed E-state index contributed by atoms with van der Waals surface area (Å²) < 4.78 is 5.29. The van der Waals surface area contributed by atoms with E-state index >= 15 is 0 Å². The van der Waals surface area contributed by atoms with Crippen LogP contribution in [-0.2, 0) is 4.79 Å². The molecule has 2 aromatic rings. The van der Waals surface area contributed by atoms with Crippen molar-refractivity contribution in [1.82, 2.24) is 5.43 Å². The Bertz CT molecular complexity index is 935. The maximum atomic E-state index is 12.2. The molecular weight excluding hydrogens is 374 g/mol. The molecule has 0 radical (unpaired) electrons. The van der Waals surface area contributed by atoms with Crippen LogP contribution < -0.4 is 10.2 Å². The van der Waals surface area contributed by atoms with E-state index in [2.05, 4.69) is 10.5 Å². The van der Waals surface area contributed by atoms with E-state index in [0.29, 0.717) is 5.56 Å². The third-order valence-electron chi connectivity index (χ3n) is 4.73. The summed E-state index contributed by atoms with van der Waals surface area (Å²) in [5.74, 6) is -0.491. The number of benzene rings is 2. The first-order valence-corrected chi connectivity index (χ1v) is 9.42. The molecule has 8 heteroatoms. The Kier molecular flexibility index (Phi) is 6.67. The monoisotopic (exact) mass is 395 g/mol. The molecule has 1 amide bonds. The topological polar surface area (TPSA) is 111 Å². The molecule has 1 aliphatic carbocycles. The van der Waals surface area contributed by atoms with Gasteiger partial charge in [-0.25, -0.2) is 10.2 Å². The first-order valence-electron chi connectivity index (χ1n) is 9.42. The van der Waals surface area contributed by atoms with E-state index in [-0.39, 0.29) is 28.8 Å². The number of nitrogens with zero attached hydrogens (tertiary/aromatic N) is 2. The highest BCUT2D eigenvalue weighted by molar-refractivity contribution is 5.92. The molecule has 0 heterocycles. The molecule has 1 N–H and O–H groups in total. The Morgan fingerprint density at radius 1 is 1.10 bits per heavy atom. The van der Waals surface area contributed by atoms with Gasteiger partial charge in [0.2, 0.25) is 5.91 Å². The number of hydrogen-bond donors (Lipinski definition) is 1. The molecule has 0 saturated heterocycles. The normalized spacial score (nSPS) is 14.5. The van der Waals surface area contributed by atoms with Gasteiger partial charge >= 0.3 is 5.97 Å². The van der Waals surface area contributed by atoms with Crippen molar-refractivity contribution >= 4 is 23.8 Å². The molecule has 0 aliphatic heterocycles. The van der Waals surface area contributed by atoms with Crippen molar-refractivity contribution in [3.8, 4) is 5.75 Å². The number of carbonyl (C=O) groups excluding carboxylic acids is 2. The minimum Gasteiger partial charge on any atom is -0.423 e. The van der Waals surface area contributed by atoms with Gasteiger partial charge < -0.3 is 4.74 Å². The molecule has 3 rings (SSSR count). The first kappa shape index (κ1) is 20.2. The molecule has 1 aliphatic rings. The predicted octanol–water partition coefficient (Wildman–Crippen LogP) is 3.84. The highest BCUT2D eigenvalue weighted by Gasteiger charge is 2.20. The zero-order valence-corrected chi connectivity index (χ0v) is 15.7. The lowest BCUT2D eigenvalue weighted by Gasteiger charge is -2.19. The van der Waals surface area contributed by atoms with Crippen LogP contribution in [-0.4, -0.2) is 23.0 Å². The summed E-state index contributed by atoms with van der Waals surface area (Å²) in [5.41, 5.74) is 3.10. The summed E-state index contributed by atoms with van der Waals surface area (Å²) >= 11 is 0. The lowest BCUT2D eigenvalue weighted by Crippen LogP contribution is -2.28. The molecule has 1 saturated carbocycles. The van der Waals surface area contributed by atoms with Gasteiger partial charge in [-0.3, -0.25) is 14.9 Å². The molecule has 150 valence electrons. The number of esters is 1. The molecule has 0 aromatic heterocycles. The van der Waals surface area contributed by atoms with Crippen LogP contribution in [0.1, 0.15) is 48.0 Å². The number of nitrogens with one attached hydrogen (secondary N) is 1. The largest absolute Gasteiger partial charge is 0.423 e. The quantitative estimate of drug-likeness (QED) is 0.263. The molecule has 29 heavy (non-hydrogen) atoms. The van der Waals surface area contributed by atoms with Gasteiger partial charge in [-0.1, -0.05) is 37.5 Å². The fourth-order valence-corrected chi connectivity index (χ4v) is 3.20. The highest BCUT2D eigenvalue weighted by Crippen LogP contribution is 2.23. The number of amides is 1. The number of carbonyl (C=O) groups is 2. The van der Waals surface area contributed by atoms with Crippen LogP contribution in [0.5, 0.6) is 5.75 Å². The average molecular weight is 395 g/mol. The van der Waals surface area contributed by atoms with Crippen LogP contribution >= 0.6 is 0 Å². The maximum absolute atomic E-state index is 12.2. The number of rotatable bonds is 6. The summed E-state index contributed by atoms with van der Waals surface area (Å²) in [6, 6.07) is 11.9. The van der Waals surface area contributed by atoms with Gasteiger partial charge in [0.1, 0.15) is 5.75 Å². The van der Waals surface area contributed by atoms with Crippen LogP contribution in [0.4, 0.5) is 5.69 Å². The number of ether oxygens (including phenoxy) is 1. The van der Waals surface area contributed by atoms with Gasteiger partial charge in [0, 0.05) is 18.1 Å². The smallest absolute Gasteiger partial charge is 0.343 e. The van der Waals surface area contributed by atoms with Gasteiger partial charge in [0.05, 0.1) is 16.7 Å². The van der Waals surface area contributed by atoms with Crippen molar-refractivity contribution < 1.29 is 19.2 Å². The second kappa shape index (κ2) is 9.59. The number of nitro benzene ring substituents is 1. The van der Waals surface area contributed by atoms with Crippen LogP contribution in [0, 0.1) is 16.0 Å². The standard InChI is InChI=1S/C21H21N3O5/c25-20(16-7-2-1-3-8-16)23-22-14-15-6-4-11-19(12-15)29-21(26)17-9-5-10-18(13-17)24(27)28/h4-6,9-14,16H,1-3,7-8H2,(H,23,25). The molecule has 0 bridgehead atoms. The van der Waals surface area contributed by atoms with E-state index in [1.165, 1.54) is 30.8 Å². The van der Waals surface area contributed by atoms with E-state index in [0.717, 1.165) is 31.7 Å². The molecule has 8 nitrogen and oxygen atoms in total. The molecule has 0 atom stereocenters.